The Balaban J connectivity index is 0.000000605. The minimum atomic E-state index is 0. The molecule has 1 aliphatic heterocycles. The molecular formula is C7H8BrClN2. The summed E-state index contributed by atoms with van der Waals surface area (Å²) < 4.78 is 0.926. The maximum Gasteiger partial charge on any atom is 0.106 e. The summed E-state index contributed by atoms with van der Waals surface area (Å²) in [5.41, 5.74) is 2.50. The SMILES string of the molecule is Brc1ccc2c(n1)CNC2.Cl. The van der Waals surface area contributed by atoms with Crippen molar-refractivity contribution >= 4 is 28.3 Å². The highest BCUT2D eigenvalue weighted by Crippen LogP contribution is 2.15. The molecule has 0 radical (unpaired) electrons. The molecule has 0 atom stereocenters. The van der Waals surface area contributed by atoms with Crippen LogP contribution in [-0.4, -0.2) is 4.98 Å². The summed E-state index contributed by atoms with van der Waals surface area (Å²) in [6, 6.07) is 4.08. The van der Waals surface area contributed by atoms with Crippen molar-refractivity contribution in [2.75, 3.05) is 0 Å². The lowest BCUT2D eigenvalue weighted by molar-refractivity contribution is 0.757. The quantitative estimate of drug-likeness (QED) is 0.695. The molecule has 0 bridgehead atoms. The predicted molar refractivity (Wildman–Crippen MR) is 49.7 cm³/mol. The van der Waals surface area contributed by atoms with Gasteiger partial charge in [0.2, 0.25) is 0 Å². The van der Waals surface area contributed by atoms with Crippen LogP contribution in [0.25, 0.3) is 0 Å². The van der Waals surface area contributed by atoms with Crippen molar-refractivity contribution in [3.63, 3.8) is 0 Å². The molecular weight excluding hydrogens is 227 g/mol. The number of rotatable bonds is 0. The lowest BCUT2D eigenvalue weighted by atomic mass is 10.2. The first-order valence-corrected chi connectivity index (χ1v) is 4.00. The van der Waals surface area contributed by atoms with Crippen LogP contribution >= 0.6 is 28.3 Å². The van der Waals surface area contributed by atoms with Crippen LogP contribution < -0.4 is 5.32 Å². The van der Waals surface area contributed by atoms with Crippen LogP contribution in [0.15, 0.2) is 16.7 Å². The third kappa shape index (κ3) is 1.72. The van der Waals surface area contributed by atoms with Gasteiger partial charge in [-0.3, -0.25) is 0 Å². The number of halogens is 2. The van der Waals surface area contributed by atoms with Crippen LogP contribution in [0.1, 0.15) is 11.3 Å². The molecule has 0 aromatic carbocycles. The van der Waals surface area contributed by atoms with E-state index in [1.807, 2.05) is 6.07 Å². The molecule has 0 amide bonds. The second-order valence-corrected chi connectivity index (χ2v) is 3.16. The van der Waals surface area contributed by atoms with E-state index in [1.54, 1.807) is 0 Å². The number of nitrogens with one attached hydrogen (secondary N) is 1. The van der Waals surface area contributed by atoms with Crippen molar-refractivity contribution in [2.45, 2.75) is 13.1 Å². The van der Waals surface area contributed by atoms with E-state index < -0.39 is 0 Å². The smallest absolute Gasteiger partial charge is 0.106 e. The van der Waals surface area contributed by atoms with Gasteiger partial charge in [0.05, 0.1) is 5.69 Å². The Hall–Kier alpha value is -0.120. The van der Waals surface area contributed by atoms with E-state index in [-0.39, 0.29) is 12.4 Å². The van der Waals surface area contributed by atoms with E-state index in [9.17, 15) is 0 Å². The van der Waals surface area contributed by atoms with Gasteiger partial charge in [-0.1, -0.05) is 6.07 Å². The Kier molecular flexibility index (Phi) is 2.87. The first kappa shape index (κ1) is 8.97. The molecule has 2 nitrogen and oxygen atoms in total. The van der Waals surface area contributed by atoms with Crippen molar-refractivity contribution < 1.29 is 0 Å². The summed E-state index contributed by atoms with van der Waals surface area (Å²) in [5, 5.41) is 3.23. The summed E-state index contributed by atoms with van der Waals surface area (Å²) >= 11 is 3.33. The molecule has 0 fully saturated rings. The summed E-state index contributed by atoms with van der Waals surface area (Å²) in [4.78, 5) is 4.31. The van der Waals surface area contributed by atoms with E-state index in [0.717, 1.165) is 17.7 Å². The lowest BCUT2D eigenvalue weighted by Crippen LogP contribution is -2.00. The molecule has 1 aliphatic rings. The Labute approximate surface area is 79.9 Å². The summed E-state index contributed by atoms with van der Waals surface area (Å²) in [7, 11) is 0. The first-order chi connectivity index (χ1) is 4.86. The third-order valence-corrected chi connectivity index (χ3v) is 2.08. The molecule has 0 saturated carbocycles. The van der Waals surface area contributed by atoms with Gasteiger partial charge < -0.3 is 5.32 Å². The number of pyridine rings is 1. The van der Waals surface area contributed by atoms with E-state index >= 15 is 0 Å². The lowest BCUT2D eigenvalue weighted by Gasteiger charge is -1.94. The molecule has 0 spiro atoms. The van der Waals surface area contributed by atoms with Crippen molar-refractivity contribution in [1.82, 2.24) is 10.3 Å². The highest BCUT2D eigenvalue weighted by Gasteiger charge is 2.09. The highest BCUT2D eigenvalue weighted by atomic mass is 79.9. The molecule has 1 aromatic heterocycles. The van der Waals surface area contributed by atoms with Crippen molar-refractivity contribution in [1.29, 1.82) is 0 Å². The third-order valence-electron chi connectivity index (χ3n) is 1.64. The zero-order chi connectivity index (χ0) is 6.97. The average molecular weight is 236 g/mol. The van der Waals surface area contributed by atoms with E-state index in [0.29, 0.717) is 0 Å². The second-order valence-electron chi connectivity index (χ2n) is 2.34. The maximum absolute atomic E-state index is 4.31. The van der Waals surface area contributed by atoms with Crippen LogP contribution in [0.2, 0.25) is 0 Å². The largest absolute Gasteiger partial charge is 0.307 e. The minimum Gasteiger partial charge on any atom is -0.307 e. The monoisotopic (exact) mass is 234 g/mol. The topological polar surface area (TPSA) is 24.9 Å². The first-order valence-electron chi connectivity index (χ1n) is 3.21. The van der Waals surface area contributed by atoms with Gasteiger partial charge in [-0.05, 0) is 27.6 Å². The molecule has 2 heterocycles. The molecule has 60 valence electrons. The van der Waals surface area contributed by atoms with Crippen molar-refractivity contribution in [3.05, 3.63) is 28.0 Å². The Morgan fingerprint density at radius 2 is 2.18 bits per heavy atom. The van der Waals surface area contributed by atoms with Crippen LogP contribution in [0.4, 0.5) is 0 Å². The summed E-state index contributed by atoms with van der Waals surface area (Å²) in [6.07, 6.45) is 0. The molecule has 2 rings (SSSR count). The zero-order valence-electron chi connectivity index (χ0n) is 5.80. The second kappa shape index (κ2) is 3.52. The van der Waals surface area contributed by atoms with Crippen LogP contribution in [0.3, 0.4) is 0 Å². The van der Waals surface area contributed by atoms with Gasteiger partial charge in [0.15, 0.2) is 0 Å². The van der Waals surface area contributed by atoms with Gasteiger partial charge in [-0.25, -0.2) is 4.98 Å². The fraction of sp³-hybridized carbons (Fsp3) is 0.286. The van der Waals surface area contributed by atoms with E-state index in [1.165, 1.54) is 11.3 Å². The summed E-state index contributed by atoms with van der Waals surface area (Å²) in [6.45, 7) is 1.88. The molecule has 0 aliphatic carbocycles. The number of nitrogens with zero attached hydrogens (tertiary/aromatic N) is 1. The molecule has 4 heteroatoms. The van der Waals surface area contributed by atoms with Gasteiger partial charge in [0.25, 0.3) is 0 Å². The van der Waals surface area contributed by atoms with Crippen molar-refractivity contribution in [3.8, 4) is 0 Å². The Morgan fingerprint density at radius 1 is 1.36 bits per heavy atom. The highest BCUT2D eigenvalue weighted by molar-refractivity contribution is 9.10. The standard InChI is InChI=1S/C7H7BrN2.ClH/c8-7-2-1-5-3-9-4-6(5)10-7;/h1-2,9H,3-4H2;1H. The minimum absolute atomic E-state index is 0. The molecule has 11 heavy (non-hydrogen) atoms. The molecule has 0 saturated heterocycles. The van der Waals surface area contributed by atoms with Gasteiger partial charge in [-0.2, -0.15) is 0 Å². The zero-order valence-corrected chi connectivity index (χ0v) is 8.20. The number of hydrogen-bond acceptors (Lipinski definition) is 2. The van der Waals surface area contributed by atoms with E-state index in [4.69, 9.17) is 0 Å². The number of hydrogen-bond donors (Lipinski definition) is 1. The Morgan fingerprint density at radius 3 is 3.00 bits per heavy atom. The van der Waals surface area contributed by atoms with Crippen LogP contribution in [0.5, 0.6) is 0 Å². The number of fused-ring (bicyclic) bond motifs is 1. The Bertz CT molecular complexity index is 265. The molecule has 0 unspecified atom stereocenters. The number of aromatic nitrogens is 1. The van der Waals surface area contributed by atoms with Gasteiger partial charge in [-0.15, -0.1) is 12.4 Å². The van der Waals surface area contributed by atoms with Gasteiger partial charge >= 0.3 is 0 Å². The average Bonchev–Trinajstić information content (AvgIpc) is 2.33. The van der Waals surface area contributed by atoms with Crippen molar-refractivity contribution in [2.24, 2.45) is 0 Å². The molecule has 1 N–H and O–H groups in total. The normalized spacial score (nSPS) is 13.9. The summed E-state index contributed by atoms with van der Waals surface area (Å²) in [5.74, 6) is 0. The van der Waals surface area contributed by atoms with Crippen LogP contribution in [-0.2, 0) is 13.1 Å². The molecule has 1 aromatic rings. The fourth-order valence-corrected chi connectivity index (χ4v) is 1.48. The van der Waals surface area contributed by atoms with Crippen LogP contribution in [0, 0.1) is 0 Å². The predicted octanol–water partition coefficient (Wildman–Crippen LogP) is 1.87. The fourth-order valence-electron chi connectivity index (χ4n) is 1.13. The van der Waals surface area contributed by atoms with E-state index in [2.05, 4.69) is 32.3 Å². The van der Waals surface area contributed by atoms with Gasteiger partial charge in [0.1, 0.15) is 4.60 Å². The van der Waals surface area contributed by atoms with Gasteiger partial charge in [0, 0.05) is 13.1 Å². The maximum atomic E-state index is 4.31.